The molecule has 2 rings (SSSR count). The molecule has 0 aromatic rings. The Labute approximate surface area is 124 Å². The molecule has 0 amide bonds. The Morgan fingerprint density at radius 1 is 1.21 bits per heavy atom. The molecule has 2 nitrogen and oxygen atoms in total. The smallest absolute Gasteiger partial charge is 0.0308 e. The summed E-state index contributed by atoms with van der Waals surface area (Å²) in [7, 11) is 0. The number of hydrogen-bond donors (Lipinski definition) is 1. The molecule has 0 bridgehead atoms. The third-order valence-corrected chi connectivity index (χ3v) is 5.88. The molecule has 1 unspecified atom stereocenters. The maximum absolute atomic E-state index is 3.90. The van der Waals surface area contributed by atoms with Gasteiger partial charge in [-0.3, -0.25) is 4.90 Å². The summed E-state index contributed by atoms with van der Waals surface area (Å²) in [6, 6.07) is 0.762. The Kier molecular flexibility index (Phi) is 6.51. The quantitative estimate of drug-likeness (QED) is 0.778. The van der Waals surface area contributed by atoms with Crippen LogP contribution in [0.3, 0.4) is 0 Å². The van der Waals surface area contributed by atoms with Crippen molar-refractivity contribution >= 4 is 11.8 Å². The van der Waals surface area contributed by atoms with Gasteiger partial charge in [-0.1, -0.05) is 26.2 Å². The average molecular weight is 285 g/mol. The minimum atomic E-state index is 0.459. The highest BCUT2D eigenvalue weighted by molar-refractivity contribution is 7.99. The normalized spacial score (nSPS) is 26.2. The highest BCUT2D eigenvalue weighted by atomic mass is 32.2. The van der Waals surface area contributed by atoms with E-state index in [0.29, 0.717) is 5.54 Å². The van der Waals surface area contributed by atoms with Crippen molar-refractivity contribution in [3.63, 3.8) is 0 Å². The first-order chi connectivity index (χ1) is 9.26. The molecule has 1 spiro atoms. The van der Waals surface area contributed by atoms with Crippen LogP contribution < -0.4 is 5.32 Å². The van der Waals surface area contributed by atoms with Gasteiger partial charge in [-0.05, 0) is 57.2 Å². The summed E-state index contributed by atoms with van der Waals surface area (Å²) in [5.41, 5.74) is 0.459. The van der Waals surface area contributed by atoms with Crippen LogP contribution in [0.1, 0.15) is 58.8 Å². The van der Waals surface area contributed by atoms with Gasteiger partial charge in [-0.15, -0.1) is 0 Å². The van der Waals surface area contributed by atoms with Crippen molar-refractivity contribution in [2.45, 2.75) is 70.4 Å². The lowest BCUT2D eigenvalue weighted by molar-refractivity contribution is 0.132. The first-order valence-electron chi connectivity index (χ1n) is 8.32. The van der Waals surface area contributed by atoms with Gasteiger partial charge >= 0.3 is 0 Å². The van der Waals surface area contributed by atoms with Crippen molar-refractivity contribution in [2.24, 2.45) is 0 Å². The van der Waals surface area contributed by atoms with Gasteiger partial charge in [-0.2, -0.15) is 11.8 Å². The molecule has 0 aromatic carbocycles. The third-order valence-electron chi connectivity index (χ3n) is 4.95. The van der Waals surface area contributed by atoms with Gasteiger partial charge in [0.25, 0.3) is 0 Å². The molecule has 3 heteroatoms. The second kappa shape index (κ2) is 7.90. The van der Waals surface area contributed by atoms with Crippen LogP contribution in [0.2, 0.25) is 0 Å². The van der Waals surface area contributed by atoms with Crippen LogP contribution in [0.4, 0.5) is 0 Å². The van der Waals surface area contributed by atoms with Gasteiger partial charge in [0.1, 0.15) is 0 Å². The topological polar surface area (TPSA) is 15.3 Å². The molecule has 1 aliphatic heterocycles. The van der Waals surface area contributed by atoms with Crippen molar-refractivity contribution in [3.05, 3.63) is 0 Å². The Morgan fingerprint density at radius 3 is 2.74 bits per heavy atom. The van der Waals surface area contributed by atoms with E-state index in [1.807, 2.05) is 0 Å². The standard InChI is InChI=1S/C16H32N2S/c1-3-19-13-8-15(2)18-12-7-11-17-16(14-18)9-5-4-6-10-16/h15,17H,3-14H2,1-2H3. The van der Waals surface area contributed by atoms with Crippen molar-refractivity contribution < 1.29 is 0 Å². The minimum absolute atomic E-state index is 0.459. The lowest BCUT2D eigenvalue weighted by Gasteiger charge is -2.41. The molecule has 112 valence electrons. The van der Waals surface area contributed by atoms with Crippen LogP contribution in [0, 0.1) is 0 Å². The highest BCUT2D eigenvalue weighted by Crippen LogP contribution is 2.31. The average Bonchev–Trinajstić information content (AvgIpc) is 2.63. The molecule has 2 fully saturated rings. The van der Waals surface area contributed by atoms with E-state index in [2.05, 4.69) is 35.8 Å². The zero-order chi connectivity index (χ0) is 13.6. The highest BCUT2D eigenvalue weighted by Gasteiger charge is 2.35. The van der Waals surface area contributed by atoms with E-state index in [-0.39, 0.29) is 0 Å². The maximum Gasteiger partial charge on any atom is 0.0308 e. The molecule has 1 saturated carbocycles. The van der Waals surface area contributed by atoms with Gasteiger partial charge in [0, 0.05) is 18.1 Å². The summed E-state index contributed by atoms with van der Waals surface area (Å²) in [5.74, 6) is 2.59. The first kappa shape index (κ1) is 15.7. The van der Waals surface area contributed by atoms with E-state index in [1.54, 1.807) is 0 Å². The minimum Gasteiger partial charge on any atom is -0.310 e. The molecule has 1 atom stereocenters. The molecule has 19 heavy (non-hydrogen) atoms. The molecule has 1 saturated heterocycles. The Hall–Kier alpha value is 0.270. The zero-order valence-corrected chi connectivity index (χ0v) is 13.7. The number of thioether (sulfide) groups is 1. The van der Waals surface area contributed by atoms with Crippen molar-refractivity contribution in [1.82, 2.24) is 10.2 Å². The van der Waals surface area contributed by atoms with Crippen LogP contribution in [0.5, 0.6) is 0 Å². The molecule has 0 radical (unpaired) electrons. The summed E-state index contributed by atoms with van der Waals surface area (Å²) in [5, 5.41) is 3.90. The van der Waals surface area contributed by atoms with Crippen molar-refractivity contribution in [3.8, 4) is 0 Å². The van der Waals surface area contributed by atoms with Gasteiger partial charge < -0.3 is 5.32 Å². The molecule has 1 aliphatic carbocycles. The fourth-order valence-electron chi connectivity index (χ4n) is 3.68. The SMILES string of the molecule is CCSCCC(C)N1CCCNC2(CCCCC2)C1. The second-order valence-corrected chi connectivity index (χ2v) is 7.82. The summed E-state index contributed by atoms with van der Waals surface area (Å²) < 4.78 is 0. The lowest BCUT2D eigenvalue weighted by atomic mass is 9.81. The fraction of sp³-hybridized carbons (Fsp3) is 1.00. The van der Waals surface area contributed by atoms with E-state index in [9.17, 15) is 0 Å². The zero-order valence-electron chi connectivity index (χ0n) is 12.9. The number of hydrogen-bond acceptors (Lipinski definition) is 3. The van der Waals surface area contributed by atoms with Gasteiger partial charge in [0.15, 0.2) is 0 Å². The monoisotopic (exact) mass is 284 g/mol. The number of rotatable bonds is 5. The largest absolute Gasteiger partial charge is 0.310 e. The number of nitrogens with one attached hydrogen (secondary N) is 1. The van der Waals surface area contributed by atoms with Crippen LogP contribution in [0.25, 0.3) is 0 Å². The summed E-state index contributed by atoms with van der Waals surface area (Å²) >= 11 is 2.09. The van der Waals surface area contributed by atoms with Crippen LogP contribution >= 0.6 is 11.8 Å². The van der Waals surface area contributed by atoms with Gasteiger partial charge in [0.2, 0.25) is 0 Å². The van der Waals surface area contributed by atoms with E-state index >= 15 is 0 Å². The maximum atomic E-state index is 3.90. The van der Waals surface area contributed by atoms with Crippen LogP contribution in [0.15, 0.2) is 0 Å². The van der Waals surface area contributed by atoms with E-state index < -0.39 is 0 Å². The van der Waals surface area contributed by atoms with Crippen LogP contribution in [-0.4, -0.2) is 47.6 Å². The third kappa shape index (κ3) is 4.64. The van der Waals surface area contributed by atoms with Crippen molar-refractivity contribution in [1.29, 1.82) is 0 Å². The van der Waals surface area contributed by atoms with Crippen molar-refractivity contribution in [2.75, 3.05) is 31.1 Å². The Balaban J connectivity index is 1.88. The first-order valence-corrected chi connectivity index (χ1v) is 9.48. The summed E-state index contributed by atoms with van der Waals surface area (Å²) in [4.78, 5) is 2.78. The lowest BCUT2D eigenvalue weighted by Crippen LogP contribution is -2.54. The van der Waals surface area contributed by atoms with Gasteiger partial charge in [-0.25, -0.2) is 0 Å². The molecular formula is C16H32N2S. The number of nitrogens with zero attached hydrogens (tertiary/aromatic N) is 1. The fourth-order valence-corrected chi connectivity index (χ4v) is 4.48. The predicted octanol–water partition coefficient (Wildman–Crippen LogP) is 3.52. The van der Waals surface area contributed by atoms with E-state index in [1.165, 1.54) is 76.1 Å². The van der Waals surface area contributed by atoms with E-state index in [0.717, 1.165) is 6.04 Å². The second-order valence-electron chi connectivity index (χ2n) is 6.43. The molecule has 1 N–H and O–H groups in total. The summed E-state index contributed by atoms with van der Waals surface area (Å²) in [6.45, 7) is 8.53. The van der Waals surface area contributed by atoms with Gasteiger partial charge in [0.05, 0.1) is 0 Å². The predicted molar refractivity (Wildman–Crippen MR) is 87.1 cm³/mol. The van der Waals surface area contributed by atoms with Crippen LogP contribution in [-0.2, 0) is 0 Å². The summed E-state index contributed by atoms with van der Waals surface area (Å²) in [6.07, 6.45) is 9.80. The molecule has 1 heterocycles. The molecule has 2 aliphatic rings. The van der Waals surface area contributed by atoms with E-state index in [4.69, 9.17) is 0 Å². The molecule has 0 aromatic heterocycles. The Morgan fingerprint density at radius 2 is 2.00 bits per heavy atom. The molecular weight excluding hydrogens is 252 g/mol. The Bertz CT molecular complexity index is 251.